The Bertz CT molecular complexity index is 455. The Labute approximate surface area is 78.9 Å². The van der Waals surface area contributed by atoms with Gasteiger partial charge in [0.05, 0.1) is 7.11 Å². The van der Waals surface area contributed by atoms with E-state index in [9.17, 15) is 4.39 Å². The second-order valence-corrected chi connectivity index (χ2v) is 2.83. The molecule has 0 unspecified atom stereocenters. The summed E-state index contributed by atoms with van der Waals surface area (Å²) in [6.07, 6.45) is 0. The Balaban J connectivity index is 2.72. The lowest BCUT2D eigenvalue weighted by molar-refractivity contribution is 0.386. The maximum Gasteiger partial charge on any atom is 0.253 e. The summed E-state index contributed by atoms with van der Waals surface area (Å²) in [6, 6.07) is 2.69. The van der Waals surface area contributed by atoms with Gasteiger partial charge in [0.25, 0.3) is 5.22 Å². The van der Waals surface area contributed by atoms with E-state index in [1.165, 1.54) is 19.2 Å². The number of hydrogen-bond acceptors (Lipinski definition) is 4. The number of thiol groups is 1. The van der Waals surface area contributed by atoms with Crippen LogP contribution in [0.3, 0.4) is 0 Å². The van der Waals surface area contributed by atoms with E-state index in [1.54, 1.807) is 0 Å². The van der Waals surface area contributed by atoms with Crippen molar-refractivity contribution in [3.63, 3.8) is 0 Å². The Morgan fingerprint density at radius 2 is 2.31 bits per heavy atom. The summed E-state index contributed by atoms with van der Waals surface area (Å²) in [6.45, 7) is 0. The number of nitrogens with zero attached hydrogens (tertiary/aromatic N) is 1. The molecule has 0 radical (unpaired) electrons. The van der Waals surface area contributed by atoms with Crippen LogP contribution in [0.1, 0.15) is 0 Å². The van der Waals surface area contributed by atoms with Crippen LogP contribution in [0.25, 0.3) is 11.1 Å². The summed E-state index contributed by atoms with van der Waals surface area (Å²) in [5.41, 5.74) is 0.895. The Hall–Kier alpha value is -1.23. The molecule has 68 valence electrons. The zero-order valence-corrected chi connectivity index (χ0v) is 7.64. The molecule has 0 spiro atoms. The molecular weight excluding hydrogens is 193 g/mol. The molecule has 3 nitrogen and oxygen atoms in total. The van der Waals surface area contributed by atoms with Gasteiger partial charge in [0.15, 0.2) is 17.1 Å². The number of fused-ring (bicyclic) bond motifs is 1. The van der Waals surface area contributed by atoms with Gasteiger partial charge in [-0.25, -0.2) is 9.37 Å². The lowest BCUT2D eigenvalue weighted by atomic mass is 10.3. The van der Waals surface area contributed by atoms with Gasteiger partial charge in [-0.2, -0.15) is 0 Å². The normalized spacial score (nSPS) is 10.7. The SMILES string of the molecule is COc1cc2oc(S)nc2cc1F. The maximum atomic E-state index is 13.1. The van der Waals surface area contributed by atoms with Crippen molar-refractivity contribution < 1.29 is 13.5 Å². The van der Waals surface area contributed by atoms with Gasteiger partial charge < -0.3 is 9.15 Å². The number of ether oxygens (including phenoxy) is 1. The minimum atomic E-state index is -0.461. The third-order valence-corrected chi connectivity index (χ3v) is 1.84. The molecule has 0 saturated heterocycles. The van der Waals surface area contributed by atoms with Crippen LogP contribution in [0.4, 0.5) is 4.39 Å². The van der Waals surface area contributed by atoms with Crippen LogP contribution in [0, 0.1) is 5.82 Å². The van der Waals surface area contributed by atoms with Crippen molar-refractivity contribution in [2.75, 3.05) is 7.11 Å². The summed E-state index contributed by atoms with van der Waals surface area (Å²) in [7, 11) is 1.39. The summed E-state index contributed by atoms with van der Waals surface area (Å²) in [5.74, 6) is -0.325. The summed E-state index contributed by atoms with van der Waals surface area (Å²) < 4.78 is 22.9. The zero-order chi connectivity index (χ0) is 9.42. The van der Waals surface area contributed by atoms with Crippen LogP contribution in [0.2, 0.25) is 0 Å². The molecular formula is C8H6FNO2S. The minimum Gasteiger partial charge on any atom is -0.494 e. The second-order valence-electron chi connectivity index (χ2n) is 2.45. The molecule has 0 aliphatic heterocycles. The average Bonchev–Trinajstić information content (AvgIpc) is 2.42. The van der Waals surface area contributed by atoms with E-state index in [1.807, 2.05) is 0 Å². The third-order valence-electron chi connectivity index (χ3n) is 1.65. The first-order chi connectivity index (χ1) is 6.20. The van der Waals surface area contributed by atoms with Crippen molar-refractivity contribution >= 4 is 23.7 Å². The number of oxazole rings is 1. The number of hydrogen-bond donors (Lipinski definition) is 1. The minimum absolute atomic E-state index is 0.136. The molecule has 0 bridgehead atoms. The van der Waals surface area contributed by atoms with Crippen LogP contribution in [-0.2, 0) is 0 Å². The zero-order valence-electron chi connectivity index (χ0n) is 6.74. The standard InChI is InChI=1S/C8H6FNO2S/c1-11-6-3-7-5(2-4(6)9)10-8(13)12-7/h2-3H,1H3,(H,10,13). The maximum absolute atomic E-state index is 13.1. The highest BCUT2D eigenvalue weighted by Gasteiger charge is 2.09. The molecule has 5 heteroatoms. The monoisotopic (exact) mass is 199 g/mol. The van der Waals surface area contributed by atoms with E-state index in [0.717, 1.165) is 0 Å². The average molecular weight is 199 g/mol. The molecule has 0 aliphatic carbocycles. The molecule has 0 atom stereocenters. The van der Waals surface area contributed by atoms with E-state index < -0.39 is 5.82 Å². The number of benzene rings is 1. The molecule has 1 heterocycles. The summed E-state index contributed by atoms with van der Waals surface area (Å²) in [5, 5.41) is 0.211. The van der Waals surface area contributed by atoms with Crippen LogP contribution in [-0.4, -0.2) is 12.1 Å². The molecule has 2 rings (SSSR count). The van der Waals surface area contributed by atoms with Gasteiger partial charge in [-0.1, -0.05) is 12.6 Å². The Kier molecular flexibility index (Phi) is 1.88. The number of aromatic nitrogens is 1. The first-order valence-electron chi connectivity index (χ1n) is 3.54. The van der Waals surface area contributed by atoms with E-state index in [0.29, 0.717) is 11.1 Å². The van der Waals surface area contributed by atoms with Gasteiger partial charge in [0.1, 0.15) is 5.52 Å². The van der Waals surface area contributed by atoms with Gasteiger partial charge in [0, 0.05) is 12.1 Å². The van der Waals surface area contributed by atoms with Crippen molar-refractivity contribution in [2.24, 2.45) is 0 Å². The van der Waals surface area contributed by atoms with Crippen molar-refractivity contribution in [2.45, 2.75) is 5.22 Å². The summed E-state index contributed by atoms with van der Waals surface area (Å²) >= 11 is 3.90. The smallest absolute Gasteiger partial charge is 0.253 e. The van der Waals surface area contributed by atoms with Gasteiger partial charge >= 0.3 is 0 Å². The highest BCUT2D eigenvalue weighted by Crippen LogP contribution is 2.25. The highest BCUT2D eigenvalue weighted by atomic mass is 32.1. The molecule has 1 aromatic heterocycles. The van der Waals surface area contributed by atoms with Crippen molar-refractivity contribution in [3.05, 3.63) is 17.9 Å². The van der Waals surface area contributed by atoms with E-state index >= 15 is 0 Å². The number of halogens is 1. The van der Waals surface area contributed by atoms with Crippen LogP contribution < -0.4 is 4.74 Å². The van der Waals surface area contributed by atoms with E-state index in [-0.39, 0.29) is 11.0 Å². The molecule has 0 fully saturated rings. The Morgan fingerprint density at radius 3 is 3.00 bits per heavy atom. The first-order valence-corrected chi connectivity index (χ1v) is 3.98. The predicted molar refractivity (Wildman–Crippen MR) is 47.8 cm³/mol. The quantitative estimate of drug-likeness (QED) is 0.715. The molecule has 0 saturated carbocycles. The Morgan fingerprint density at radius 1 is 1.54 bits per heavy atom. The lowest BCUT2D eigenvalue weighted by Crippen LogP contribution is -1.86. The predicted octanol–water partition coefficient (Wildman–Crippen LogP) is 2.26. The molecule has 13 heavy (non-hydrogen) atoms. The topological polar surface area (TPSA) is 35.3 Å². The van der Waals surface area contributed by atoms with Crippen LogP contribution in [0.15, 0.2) is 21.8 Å². The third kappa shape index (κ3) is 1.35. The summed E-state index contributed by atoms with van der Waals surface area (Å²) in [4.78, 5) is 3.85. The van der Waals surface area contributed by atoms with Crippen molar-refractivity contribution in [1.29, 1.82) is 0 Å². The molecule has 2 aromatic rings. The van der Waals surface area contributed by atoms with E-state index in [2.05, 4.69) is 17.6 Å². The van der Waals surface area contributed by atoms with Gasteiger partial charge in [-0.15, -0.1) is 0 Å². The fourth-order valence-corrected chi connectivity index (χ4v) is 1.28. The van der Waals surface area contributed by atoms with Crippen LogP contribution >= 0.6 is 12.6 Å². The van der Waals surface area contributed by atoms with E-state index in [4.69, 9.17) is 9.15 Å². The molecule has 0 N–H and O–H groups in total. The first kappa shape index (κ1) is 8.37. The fourth-order valence-electron chi connectivity index (χ4n) is 1.07. The van der Waals surface area contributed by atoms with Gasteiger partial charge in [-0.3, -0.25) is 0 Å². The number of methoxy groups -OCH3 is 1. The molecule has 0 amide bonds. The van der Waals surface area contributed by atoms with Gasteiger partial charge in [-0.05, 0) is 0 Å². The second kappa shape index (κ2) is 2.92. The van der Waals surface area contributed by atoms with Gasteiger partial charge in [0.2, 0.25) is 0 Å². The molecule has 0 aliphatic rings. The number of rotatable bonds is 1. The highest BCUT2D eigenvalue weighted by molar-refractivity contribution is 7.80. The fraction of sp³-hybridized carbons (Fsp3) is 0.125. The molecule has 1 aromatic carbocycles. The van der Waals surface area contributed by atoms with Crippen LogP contribution in [0.5, 0.6) is 5.75 Å². The largest absolute Gasteiger partial charge is 0.494 e. The van der Waals surface area contributed by atoms with Crippen molar-refractivity contribution in [1.82, 2.24) is 4.98 Å². The van der Waals surface area contributed by atoms with Crippen molar-refractivity contribution in [3.8, 4) is 5.75 Å². The lowest BCUT2D eigenvalue weighted by Gasteiger charge is -1.98.